The van der Waals surface area contributed by atoms with Crippen molar-refractivity contribution in [2.24, 2.45) is 11.7 Å². The maximum atomic E-state index is 13.1. The van der Waals surface area contributed by atoms with Crippen LogP contribution in [0.2, 0.25) is 0 Å². The molecule has 0 bridgehead atoms. The smallest absolute Gasteiger partial charge is 0.276 e. The van der Waals surface area contributed by atoms with Crippen molar-refractivity contribution < 1.29 is 14.1 Å². The van der Waals surface area contributed by atoms with Crippen LogP contribution in [0.1, 0.15) is 87.9 Å². The lowest BCUT2D eigenvalue weighted by Crippen LogP contribution is -2.47. The molecule has 156 valence electrons. The average Bonchev–Trinajstić information content (AvgIpc) is 3.36. The van der Waals surface area contributed by atoms with E-state index < -0.39 is 0 Å². The molecule has 7 nitrogen and oxygen atoms in total. The molecular formula is C21H34N4O3. The van der Waals surface area contributed by atoms with E-state index in [1.807, 2.05) is 17.9 Å². The van der Waals surface area contributed by atoms with Crippen LogP contribution in [0.5, 0.6) is 0 Å². The Balaban J connectivity index is 1.59. The molecule has 2 fully saturated rings. The Labute approximate surface area is 167 Å². The third kappa shape index (κ3) is 5.56. The monoisotopic (exact) mass is 390 g/mol. The summed E-state index contributed by atoms with van der Waals surface area (Å²) in [5.41, 5.74) is 6.13. The third-order valence-corrected chi connectivity index (χ3v) is 5.56. The molecule has 1 heterocycles. The predicted molar refractivity (Wildman–Crippen MR) is 107 cm³/mol. The lowest BCUT2D eigenvalue weighted by atomic mass is 9.89. The SMILES string of the molecule is CC(C)CN(C(=O)c1cc(C2CC2)on1)C1CCC(NC(=O)CC(C)N)CC1. The number of aromatic nitrogens is 1. The zero-order valence-electron chi connectivity index (χ0n) is 17.3. The maximum absolute atomic E-state index is 13.1. The lowest BCUT2D eigenvalue weighted by Gasteiger charge is -2.37. The molecule has 0 radical (unpaired) electrons. The Morgan fingerprint density at radius 3 is 2.46 bits per heavy atom. The Bertz CT molecular complexity index is 673. The summed E-state index contributed by atoms with van der Waals surface area (Å²) in [6, 6.07) is 2.05. The van der Waals surface area contributed by atoms with Crippen molar-refractivity contribution in [1.29, 1.82) is 0 Å². The third-order valence-electron chi connectivity index (χ3n) is 5.56. The second-order valence-electron chi connectivity index (χ2n) is 8.99. The molecule has 1 atom stereocenters. The van der Waals surface area contributed by atoms with Crippen LogP contribution in [-0.4, -0.2) is 46.5 Å². The number of nitrogens with one attached hydrogen (secondary N) is 1. The van der Waals surface area contributed by atoms with Gasteiger partial charge in [-0.3, -0.25) is 9.59 Å². The van der Waals surface area contributed by atoms with Crippen LogP contribution in [0.4, 0.5) is 0 Å². The number of hydrogen-bond donors (Lipinski definition) is 2. The molecule has 0 aliphatic heterocycles. The van der Waals surface area contributed by atoms with E-state index in [0.717, 1.165) is 44.3 Å². The minimum atomic E-state index is -0.126. The first-order chi connectivity index (χ1) is 13.3. The van der Waals surface area contributed by atoms with Gasteiger partial charge in [0.1, 0.15) is 5.76 Å². The fourth-order valence-corrected chi connectivity index (χ4v) is 4.00. The van der Waals surface area contributed by atoms with Crippen molar-refractivity contribution in [3.8, 4) is 0 Å². The number of rotatable bonds is 8. The minimum absolute atomic E-state index is 0.0174. The standard InChI is InChI=1S/C21H34N4O3/c1-13(2)12-25(21(27)18-11-19(28-24-18)15-4-5-15)17-8-6-16(7-9-17)23-20(26)10-14(3)22/h11,13-17H,4-10,12,22H2,1-3H3,(H,23,26). The molecule has 3 N–H and O–H groups in total. The van der Waals surface area contributed by atoms with Crippen LogP contribution < -0.4 is 11.1 Å². The van der Waals surface area contributed by atoms with Crippen LogP contribution >= 0.6 is 0 Å². The van der Waals surface area contributed by atoms with Gasteiger partial charge in [-0.2, -0.15) is 0 Å². The summed E-state index contributed by atoms with van der Waals surface area (Å²) in [5, 5.41) is 7.13. The molecule has 2 aliphatic rings. The largest absolute Gasteiger partial charge is 0.360 e. The van der Waals surface area contributed by atoms with Gasteiger partial charge >= 0.3 is 0 Å². The van der Waals surface area contributed by atoms with Crippen molar-refractivity contribution in [2.45, 2.75) is 89.8 Å². The number of nitrogens with two attached hydrogens (primary N) is 1. The van der Waals surface area contributed by atoms with Gasteiger partial charge in [0.25, 0.3) is 5.91 Å². The lowest BCUT2D eigenvalue weighted by molar-refractivity contribution is -0.122. The highest BCUT2D eigenvalue weighted by Crippen LogP contribution is 2.40. The number of amides is 2. The molecule has 1 unspecified atom stereocenters. The molecule has 7 heteroatoms. The van der Waals surface area contributed by atoms with Crippen molar-refractivity contribution >= 4 is 11.8 Å². The second-order valence-corrected chi connectivity index (χ2v) is 8.99. The van der Waals surface area contributed by atoms with Crippen molar-refractivity contribution in [1.82, 2.24) is 15.4 Å². The van der Waals surface area contributed by atoms with Crippen molar-refractivity contribution in [2.75, 3.05) is 6.54 Å². The number of nitrogens with zero attached hydrogens (tertiary/aromatic N) is 2. The summed E-state index contributed by atoms with van der Waals surface area (Å²) in [7, 11) is 0. The van der Waals surface area contributed by atoms with Gasteiger partial charge in [-0.25, -0.2) is 0 Å². The van der Waals surface area contributed by atoms with Crippen molar-refractivity contribution in [3.05, 3.63) is 17.5 Å². The molecule has 3 rings (SSSR count). The summed E-state index contributed by atoms with van der Waals surface area (Å²) in [6.45, 7) is 6.79. The fraction of sp³-hybridized carbons (Fsp3) is 0.762. The molecule has 1 aromatic heterocycles. The van der Waals surface area contributed by atoms with Gasteiger partial charge in [-0.05, 0) is 51.4 Å². The number of hydrogen-bond acceptors (Lipinski definition) is 5. The maximum Gasteiger partial charge on any atom is 0.276 e. The number of carbonyl (C=O) groups is 2. The molecule has 0 saturated heterocycles. The molecule has 0 spiro atoms. The topological polar surface area (TPSA) is 101 Å². The zero-order valence-corrected chi connectivity index (χ0v) is 17.3. The van der Waals surface area contributed by atoms with E-state index in [0.29, 0.717) is 30.5 Å². The van der Waals surface area contributed by atoms with Crippen molar-refractivity contribution in [3.63, 3.8) is 0 Å². The molecule has 2 amide bonds. The highest BCUT2D eigenvalue weighted by Gasteiger charge is 2.33. The van der Waals surface area contributed by atoms with Crippen LogP contribution in [0.25, 0.3) is 0 Å². The van der Waals surface area contributed by atoms with Crippen LogP contribution in [0, 0.1) is 5.92 Å². The van der Waals surface area contributed by atoms with Gasteiger partial charge in [0.05, 0.1) is 0 Å². The first kappa shape index (κ1) is 20.8. The first-order valence-corrected chi connectivity index (χ1v) is 10.7. The highest BCUT2D eigenvalue weighted by molar-refractivity contribution is 5.92. The second kappa shape index (κ2) is 9.07. The predicted octanol–water partition coefficient (Wildman–Crippen LogP) is 2.81. The molecule has 2 saturated carbocycles. The van der Waals surface area contributed by atoms with Crippen LogP contribution in [-0.2, 0) is 4.79 Å². The summed E-state index contributed by atoms with van der Waals surface area (Å²) >= 11 is 0. The summed E-state index contributed by atoms with van der Waals surface area (Å²) in [4.78, 5) is 27.1. The molecule has 0 aromatic carbocycles. The van der Waals surface area contributed by atoms with Gasteiger partial charge in [-0.15, -0.1) is 0 Å². The normalized spacial score (nSPS) is 23.5. The van der Waals surface area contributed by atoms with Gasteiger partial charge in [0.2, 0.25) is 5.91 Å². The molecule has 2 aliphatic carbocycles. The van der Waals surface area contributed by atoms with Gasteiger partial charge < -0.3 is 20.5 Å². The average molecular weight is 391 g/mol. The van der Waals surface area contributed by atoms with Gasteiger partial charge in [0.15, 0.2) is 5.69 Å². The van der Waals surface area contributed by atoms with E-state index in [2.05, 4.69) is 24.3 Å². The van der Waals surface area contributed by atoms with Crippen LogP contribution in [0.3, 0.4) is 0 Å². The molecule has 1 aromatic rings. The van der Waals surface area contributed by atoms with E-state index in [1.165, 1.54) is 0 Å². The fourth-order valence-electron chi connectivity index (χ4n) is 4.00. The van der Waals surface area contributed by atoms with E-state index in [-0.39, 0.29) is 29.9 Å². The zero-order chi connectivity index (χ0) is 20.3. The quantitative estimate of drug-likeness (QED) is 0.711. The first-order valence-electron chi connectivity index (χ1n) is 10.7. The Morgan fingerprint density at radius 1 is 1.21 bits per heavy atom. The highest BCUT2D eigenvalue weighted by atomic mass is 16.5. The minimum Gasteiger partial charge on any atom is -0.360 e. The Morgan fingerprint density at radius 2 is 1.89 bits per heavy atom. The Kier molecular flexibility index (Phi) is 6.75. The van der Waals surface area contributed by atoms with E-state index in [1.54, 1.807) is 0 Å². The van der Waals surface area contributed by atoms with E-state index in [9.17, 15) is 9.59 Å². The summed E-state index contributed by atoms with van der Waals surface area (Å²) in [6.07, 6.45) is 6.12. The van der Waals surface area contributed by atoms with Crippen LogP contribution in [0.15, 0.2) is 10.6 Å². The molecule has 28 heavy (non-hydrogen) atoms. The van der Waals surface area contributed by atoms with Gasteiger partial charge in [0, 0.05) is 43.1 Å². The van der Waals surface area contributed by atoms with E-state index in [4.69, 9.17) is 10.3 Å². The number of carbonyl (C=O) groups excluding carboxylic acids is 2. The summed E-state index contributed by atoms with van der Waals surface area (Å²) < 4.78 is 5.39. The van der Waals surface area contributed by atoms with Gasteiger partial charge in [-0.1, -0.05) is 19.0 Å². The summed E-state index contributed by atoms with van der Waals surface area (Å²) in [5.74, 6) is 1.65. The Hall–Kier alpha value is -1.89. The molecular weight excluding hydrogens is 356 g/mol. The van der Waals surface area contributed by atoms with E-state index >= 15 is 0 Å².